The van der Waals surface area contributed by atoms with Crippen LogP contribution in [0.25, 0.3) is 0 Å². The van der Waals surface area contributed by atoms with E-state index in [1.54, 1.807) is 6.07 Å². The van der Waals surface area contributed by atoms with E-state index in [2.05, 4.69) is 14.9 Å². The van der Waals surface area contributed by atoms with Crippen LogP contribution >= 0.6 is 0 Å². The molecule has 0 unspecified atom stereocenters. The van der Waals surface area contributed by atoms with Crippen LogP contribution in [0.4, 0.5) is 10.2 Å². The Balaban J connectivity index is 2.24. The number of benzene rings is 1. The Labute approximate surface area is 104 Å². The lowest BCUT2D eigenvalue weighted by molar-refractivity contribution is 0.599. The number of nitrogens with one attached hydrogen (secondary N) is 2. The van der Waals surface area contributed by atoms with Gasteiger partial charge in [0.05, 0.1) is 4.90 Å². The first kappa shape index (κ1) is 12.6. The third kappa shape index (κ3) is 2.67. The first-order valence-corrected chi connectivity index (χ1v) is 6.82. The molecule has 0 radical (unpaired) electrons. The molecule has 2 aromatic rings. The Morgan fingerprint density at radius 2 is 2.00 bits per heavy atom. The molecule has 0 spiro atoms. The number of aromatic nitrogens is 2. The molecule has 1 aromatic heterocycles. The van der Waals surface area contributed by atoms with Gasteiger partial charge in [0.1, 0.15) is 5.82 Å². The summed E-state index contributed by atoms with van der Waals surface area (Å²) in [6, 6.07) is 6.20. The van der Waals surface area contributed by atoms with E-state index in [4.69, 9.17) is 0 Å². The zero-order valence-electron chi connectivity index (χ0n) is 9.64. The third-order valence-corrected chi connectivity index (χ3v) is 3.75. The zero-order valence-corrected chi connectivity index (χ0v) is 10.5. The second-order valence-corrected chi connectivity index (χ2v) is 5.37. The molecule has 0 saturated carbocycles. The molecule has 2 N–H and O–H groups in total. The molecule has 0 atom stereocenters. The smallest absolute Gasteiger partial charge is 0.263 e. The van der Waals surface area contributed by atoms with E-state index < -0.39 is 15.8 Å². The van der Waals surface area contributed by atoms with Crippen LogP contribution in [0.1, 0.15) is 12.6 Å². The van der Waals surface area contributed by atoms with Crippen LogP contribution in [0, 0.1) is 5.82 Å². The minimum atomic E-state index is -3.72. The van der Waals surface area contributed by atoms with Crippen LogP contribution < -0.4 is 4.72 Å². The molecule has 1 heterocycles. The van der Waals surface area contributed by atoms with Crippen molar-refractivity contribution < 1.29 is 12.8 Å². The zero-order chi connectivity index (χ0) is 13.2. The maximum absolute atomic E-state index is 12.7. The van der Waals surface area contributed by atoms with E-state index in [-0.39, 0.29) is 10.7 Å². The van der Waals surface area contributed by atoms with Gasteiger partial charge in [-0.25, -0.2) is 12.8 Å². The molecule has 0 saturated heterocycles. The molecule has 0 fully saturated rings. The number of aryl methyl sites for hydroxylation is 1. The summed E-state index contributed by atoms with van der Waals surface area (Å²) >= 11 is 0. The highest BCUT2D eigenvalue weighted by molar-refractivity contribution is 7.92. The van der Waals surface area contributed by atoms with E-state index >= 15 is 0 Å². The molecule has 0 bridgehead atoms. The minimum absolute atomic E-state index is 0.00931. The van der Waals surface area contributed by atoms with Crippen molar-refractivity contribution in [1.82, 2.24) is 10.2 Å². The predicted molar refractivity (Wildman–Crippen MR) is 65.2 cm³/mol. The van der Waals surface area contributed by atoms with Crippen molar-refractivity contribution in [1.29, 1.82) is 0 Å². The maximum Gasteiger partial charge on any atom is 0.263 e. The molecule has 1 aromatic carbocycles. The Kier molecular flexibility index (Phi) is 3.33. The Morgan fingerprint density at radius 3 is 2.56 bits per heavy atom. The number of anilines is 1. The fraction of sp³-hybridized carbons (Fsp3) is 0.182. The summed E-state index contributed by atoms with van der Waals surface area (Å²) in [4.78, 5) is -0.00931. The predicted octanol–water partition coefficient (Wildman–Crippen LogP) is 1.91. The number of halogens is 1. The van der Waals surface area contributed by atoms with E-state index in [1.807, 2.05) is 6.92 Å². The Morgan fingerprint density at radius 1 is 1.33 bits per heavy atom. The molecular weight excluding hydrogens is 257 g/mol. The van der Waals surface area contributed by atoms with E-state index in [0.717, 1.165) is 24.2 Å². The number of hydrogen-bond donors (Lipinski definition) is 2. The summed E-state index contributed by atoms with van der Waals surface area (Å²) in [7, 11) is -3.72. The lowest BCUT2D eigenvalue weighted by Gasteiger charge is -2.04. The number of rotatable bonds is 4. The second-order valence-electron chi connectivity index (χ2n) is 3.69. The van der Waals surface area contributed by atoms with Crippen molar-refractivity contribution >= 4 is 15.8 Å². The van der Waals surface area contributed by atoms with Crippen LogP contribution in [-0.4, -0.2) is 18.6 Å². The summed E-state index contributed by atoms with van der Waals surface area (Å²) in [6.07, 6.45) is 0.727. The fourth-order valence-electron chi connectivity index (χ4n) is 1.41. The van der Waals surface area contributed by atoms with E-state index in [0.29, 0.717) is 0 Å². The van der Waals surface area contributed by atoms with Crippen molar-refractivity contribution in [2.45, 2.75) is 18.2 Å². The van der Waals surface area contributed by atoms with Gasteiger partial charge in [0, 0.05) is 11.8 Å². The van der Waals surface area contributed by atoms with Crippen molar-refractivity contribution in [2.24, 2.45) is 0 Å². The first-order valence-electron chi connectivity index (χ1n) is 5.34. The summed E-state index contributed by atoms with van der Waals surface area (Å²) in [6.45, 7) is 1.92. The Bertz CT molecular complexity index is 635. The molecule has 96 valence electrons. The SMILES string of the molecule is CCc1cc(NS(=O)(=O)c2ccc(F)cc2)n[nH]1. The standard InChI is InChI=1S/C11H12FN3O2S/c1-2-9-7-11(14-13-9)15-18(16,17)10-5-3-8(12)4-6-10/h3-7H,2H2,1H3,(H2,13,14,15). The van der Waals surface area contributed by atoms with Crippen molar-refractivity contribution in [3.05, 3.63) is 41.8 Å². The molecule has 0 aliphatic rings. The molecule has 2 rings (SSSR count). The summed E-state index contributed by atoms with van der Waals surface area (Å²) in [5.74, 6) is -0.266. The van der Waals surface area contributed by atoms with Gasteiger partial charge in [-0.3, -0.25) is 9.82 Å². The molecule has 0 aliphatic heterocycles. The second kappa shape index (κ2) is 4.77. The number of H-pyrrole nitrogens is 1. The molecule has 0 aliphatic carbocycles. The van der Waals surface area contributed by atoms with Gasteiger partial charge in [0.15, 0.2) is 5.82 Å². The lowest BCUT2D eigenvalue weighted by atomic mass is 10.3. The van der Waals surface area contributed by atoms with Gasteiger partial charge >= 0.3 is 0 Å². The van der Waals surface area contributed by atoms with Crippen LogP contribution in [0.2, 0.25) is 0 Å². The highest BCUT2D eigenvalue weighted by Crippen LogP contribution is 2.15. The van der Waals surface area contributed by atoms with Crippen molar-refractivity contribution in [2.75, 3.05) is 4.72 Å². The molecule has 18 heavy (non-hydrogen) atoms. The largest absolute Gasteiger partial charge is 0.280 e. The average molecular weight is 269 g/mol. The van der Waals surface area contributed by atoms with Crippen LogP contribution in [0.3, 0.4) is 0 Å². The van der Waals surface area contributed by atoms with Gasteiger partial charge in [0.25, 0.3) is 10.0 Å². The summed E-state index contributed by atoms with van der Waals surface area (Å²) in [5, 5.41) is 6.53. The monoisotopic (exact) mass is 269 g/mol. The number of nitrogens with zero attached hydrogens (tertiary/aromatic N) is 1. The van der Waals surface area contributed by atoms with E-state index in [1.165, 1.54) is 12.1 Å². The molecule has 0 amide bonds. The summed E-state index contributed by atoms with van der Waals surface area (Å²) < 4.78 is 38.9. The first-order chi connectivity index (χ1) is 8.51. The van der Waals surface area contributed by atoms with Gasteiger partial charge < -0.3 is 0 Å². The highest BCUT2D eigenvalue weighted by atomic mass is 32.2. The number of sulfonamides is 1. The van der Waals surface area contributed by atoms with E-state index in [9.17, 15) is 12.8 Å². The highest BCUT2D eigenvalue weighted by Gasteiger charge is 2.15. The van der Waals surface area contributed by atoms with Gasteiger partial charge in [-0.15, -0.1) is 0 Å². The van der Waals surface area contributed by atoms with Gasteiger partial charge in [-0.05, 0) is 30.7 Å². The normalized spacial score (nSPS) is 11.4. The fourth-order valence-corrected chi connectivity index (χ4v) is 2.40. The molecule has 5 nitrogen and oxygen atoms in total. The maximum atomic E-state index is 12.7. The lowest BCUT2D eigenvalue weighted by Crippen LogP contribution is -2.13. The average Bonchev–Trinajstić information content (AvgIpc) is 2.76. The Hall–Kier alpha value is -1.89. The van der Waals surface area contributed by atoms with Crippen LogP contribution in [-0.2, 0) is 16.4 Å². The van der Waals surface area contributed by atoms with Gasteiger partial charge in [-0.1, -0.05) is 6.92 Å². The molecular formula is C11H12FN3O2S. The van der Waals surface area contributed by atoms with Crippen LogP contribution in [0.15, 0.2) is 35.2 Å². The number of aromatic amines is 1. The quantitative estimate of drug-likeness (QED) is 0.890. The van der Waals surface area contributed by atoms with Crippen LogP contribution in [0.5, 0.6) is 0 Å². The van der Waals surface area contributed by atoms with Gasteiger partial charge in [0.2, 0.25) is 0 Å². The topological polar surface area (TPSA) is 74.8 Å². The van der Waals surface area contributed by atoms with Gasteiger partial charge in [-0.2, -0.15) is 5.10 Å². The third-order valence-electron chi connectivity index (χ3n) is 2.37. The number of hydrogen-bond acceptors (Lipinski definition) is 3. The minimum Gasteiger partial charge on any atom is -0.280 e. The summed E-state index contributed by atoms with van der Waals surface area (Å²) in [5.41, 5.74) is 0.826. The van der Waals surface area contributed by atoms with Crippen molar-refractivity contribution in [3.63, 3.8) is 0 Å². The van der Waals surface area contributed by atoms with Crippen molar-refractivity contribution in [3.8, 4) is 0 Å². The molecule has 7 heteroatoms.